The molecular formula is C26H30N2O4S. The first-order valence-electron chi connectivity index (χ1n) is 10.8. The Kier molecular flexibility index (Phi) is 8.49. The molecule has 0 aliphatic heterocycles. The molecule has 1 atom stereocenters. The van der Waals surface area contributed by atoms with E-state index in [2.05, 4.69) is 10.3 Å². The van der Waals surface area contributed by atoms with E-state index in [0.717, 1.165) is 27.6 Å². The van der Waals surface area contributed by atoms with Crippen LogP contribution in [0.5, 0.6) is 17.2 Å². The number of nitrogens with one attached hydrogen (secondary N) is 1. The summed E-state index contributed by atoms with van der Waals surface area (Å²) in [5.41, 5.74) is 2.76. The van der Waals surface area contributed by atoms with Gasteiger partial charge in [0.25, 0.3) is 0 Å². The Morgan fingerprint density at radius 1 is 1.12 bits per heavy atom. The van der Waals surface area contributed by atoms with E-state index in [9.17, 15) is 4.79 Å². The van der Waals surface area contributed by atoms with Crippen molar-refractivity contribution in [3.63, 3.8) is 0 Å². The lowest BCUT2D eigenvalue weighted by molar-refractivity contribution is -0.117. The molecular weight excluding hydrogens is 436 g/mol. The van der Waals surface area contributed by atoms with Gasteiger partial charge in [-0.25, -0.2) is 4.98 Å². The minimum Gasteiger partial charge on any atom is -0.493 e. The molecule has 0 aliphatic carbocycles. The number of thiazole rings is 1. The van der Waals surface area contributed by atoms with Crippen molar-refractivity contribution in [3.05, 3.63) is 75.7 Å². The lowest BCUT2D eigenvalue weighted by Crippen LogP contribution is -2.24. The van der Waals surface area contributed by atoms with E-state index >= 15 is 0 Å². The standard InChI is InChI=1S/C26H30N2O4S/c1-17(2)32-24-12-9-21(14-25(24)30-5)18(3)27-26(29)13-8-20-6-10-23(11-7-20)31-15-22-16-33-19(4)28-22/h6-14,16-18H,15H2,1-5H3,(H,27,29)/b13-8+. The van der Waals surface area contributed by atoms with Crippen LogP contribution < -0.4 is 19.5 Å². The largest absolute Gasteiger partial charge is 0.493 e. The summed E-state index contributed by atoms with van der Waals surface area (Å²) in [6.45, 7) is 8.27. The zero-order chi connectivity index (χ0) is 23.8. The van der Waals surface area contributed by atoms with Crippen LogP contribution in [-0.4, -0.2) is 24.1 Å². The molecule has 0 radical (unpaired) electrons. The van der Waals surface area contributed by atoms with Crippen LogP contribution in [-0.2, 0) is 11.4 Å². The first-order valence-corrected chi connectivity index (χ1v) is 11.7. The number of aromatic nitrogens is 1. The molecule has 0 saturated carbocycles. The molecule has 0 fully saturated rings. The molecule has 1 heterocycles. The van der Waals surface area contributed by atoms with E-state index in [1.54, 1.807) is 24.5 Å². The molecule has 1 amide bonds. The van der Waals surface area contributed by atoms with Crippen molar-refractivity contribution in [1.82, 2.24) is 10.3 Å². The Hall–Kier alpha value is -3.32. The number of nitrogens with zero attached hydrogens (tertiary/aromatic N) is 1. The van der Waals surface area contributed by atoms with Gasteiger partial charge in [-0.1, -0.05) is 18.2 Å². The Morgan fingerprint density at radius 2 is 1.88 bits per heavy atom. The Morgan fingerprint density at radius 3 is 2.52 bits per heavy atom. The van der Waals surface area contributed by atoms with Gasteiger partial charge in [0.1, 0.15) is 12.4 Å². The summed E-state index contributed by atoms with van der Waals surface area (Å²) in [7, 11) is 1.61. The van der Waals surface area contributed by atoms with Gasteiger partial charge >= 0.3 is 0 Å². The van der Waals surface area contributed by atoms with Crippen LogP contribution in [0.1, 0.15) is 48.6 Å². The molecule has 0 saturated heterocycles. The van der Waals surface area contributed by atoms with Gasteiger partial charge < -0.3 is 19.5 Å². The number of methoxy groups -OCH3 is 1. The second kappa shape index (κ2) is 11.5. The fraction of sp³-hybridized carbons (Fsp3) is 0.308. The average molecular weight is 467 g/mol. The van der Waals surface area contributed by atoms with Crippen LogP contribution in [0.2, 0.25) is 0 Å². The van der Waals surface area contributed by atoms with Gasteiger partial charge in [-0.2, -0.15) is 0 Å². The molecule has 0 spiro atoms. The number of benzene rings is 2. The zero-order valence-corrected chi connectivity index (χ0v) is 20.4. The second-order valence-electron chi connectivity index (χ2n) is 7.86. The fourth-order valence-electron chi connectivity index (χ4n) is 3.13. The molecule has 1 unspecified atom stereocenters. The van der Waals surface area contributed by atoms with Gasteiger partial charge in [-0.05, 0) is 69.2 Å². The second-order valence-corrected chi connectivity index (χ2v) is 8.92. The Labute approximate surface area is 199 Å². The normalized spacial score (nSPS) is 12.1. The highest BCUT2D eigenvalue weighted by Crippen LogP contribution is 2.31. The van der Waals surface area contributed by atoms with E-state index in [0.29, 0.717) is 18.1 Å². The third-order valence-corrected chi connectivity index (χ3v) is 5.59. The summed E-state index contributed by atoms with van der Waals surface area (Å²) >= 11 is 1.61. The van der Waals surface area contributed by atoms with Gasteiger partial charge in [0.2, 0.25) is 5.91 Å². The van der Waals surface area contributed by atoms with E-state index < -0.39 is 0 Å². The molecule has 1 N–H and O–H groups in total. The molecule has 174 valence electrons. The lowest BCUT2D eigenvalue weighted by atomic mass is 10.1. The minimum absolute atomic E-state index is 0.0508. The number of amides is 1. The van der Waals surface area contributed by atoms with E-state index in [1.807, 2.05) is 75.5 Å². The van der Waals surface area contributed by atoms with Gasteiger partial charge in [-0.15, -0.1) is 11.3 Å². The minimum atomic E-state index is -0.186. The first-order chi connectivity index (χ1) is 15.8. The van der Waals surface area contributed by atoms with Gasteiger partial charge in [0.05, 0.1) is 30.0 Å². The molecule has 3 rings (SSSR count). The summed E-state index contributed by atoms with van der Waals surface area (Å²) in [5.74, 6) is 1.91. The smallest absolute Gasteiger partial charge is 0.244 e. The SMILES string of the molecule is COc1cc(C(C)NC(=O)/C=C/c2ccc(OCc3csc(C)n3)cc2)ccc1OC(C)C. The van der Waals surface area contributed by atoms with Crippen molar-refractivity contribution in [2.45, 2.75) is 46.4 Å². The zero-order valence-electron chi connectivity index (χ0n) is 19.6. The molecule has 7 heteroatoms. The lowest BCUT2D eigenvalue weighted by Gasteiger charge is -2.17. The highest BCUT2D eigenvalue weighted by atomic mass is 32.1. The Balaban J connectivity index is 1.53. The fourth-order valence-corrected chi connectivity index (χ4v) is 3.73. The maximum absolute atomic E-state index is 12.4. The van der Waals surface area contributed by atoms with Gasteiger partial charge in [0, 0.05) is 11.5 Å². The van der Waals surface area contributed by atoms with Crippen LogP contribution in [0.4, 0.5) is 0 Å². The van der Waals surface area contributed by atoms with Crippen LogP contribution in [0, 0.1) is 6.92 Å². The molecule has 0 bridgehead atoms. The molecule has 33 heavy (non-hydrogen) atoms. The molecule has 6 nitrogen and oxygen atoms in total. The number of hydrogen-bond acceptors (Lipinski definition) is 6. The molecule has 0 aliphatic rings. The Bertz CT molecular complexity index is 1090. The summed E-state index contributed by atoms with van der Waals surface area (Å²) in [5, 5.41) is 6.00. The average Bonchev–Trinajstić information content (AvgIpc) is 3.22. The number of ether oxygens (including phenoxy) is 3. The van der Waals surface area contributed by atoms with E-state index in [4.69, 9.17) is 14.2 Å². The maximum Gasteiger partial charge on any atom is 0.244 e. The van der Waals surface area contributed by atoms with Crippen LogP contribution in [0.3, 0.4) is 0 Å². The van der Waals surface area contributed by atoms with Crippen LogP contribution in [0.25, 0.3) is 6.08 Å². The molecule has 1 aromatic heterocycles. The van der Waals surface area contributed by atoms with Gasteiger partial charge in [-0.3, -0.25) is 4.79 Å². The van der Waals surface area contributed by atoms with Crippen LogP contribution in [0.15, 0.2) is 53.9 Å². The number of carbonyl (C=O) groups is 1. The van der Waals surface area contributed by atoms with Crippen molar-refractivity contribution >= 4 is 23.3 Å². The highest BCUT2D eigenvalue weighted by Gasteiger charge is 2.13. The van der Waals surface area contributed by atoms with Crippen molar-refractivity contribution in [2.75, 3.05) is 7.11 Å². The summed E-state index contributed by atoms with van der Waals surface area (Å²) < 4.78 is 16.9. The van der Waals surface area contributed by atoms with Crippen molar-refractivity contribution < 1.29 is 19.0 Å². The number of aryl methyl sites for hydroxylation is 1. The quantitative estimate of drug-likeness (QED) is 0.387. The summed E-state index contributed by atoms with van der Waals surface area (Å²) in [4.78, 5) is 16.8. The van der Waals surface area contributed by atoms with Crippen LogP contribution >= 0.6 is 11.3 Å². The van der Waals surface area contributed by atoms with E-state index in [1.165, 1.54) is 6.08 Å². The first kappa shape index (κ1) is 24.3. The van der Waals surface area contributed by atoms with Crippen molar-refractivity contribution in [2.24, 2.45) is 0 Å². The predicted octanol–water partition coefficient (Wildman–Crippen LogP) is 5.72. The predicted molar refractivity (Wildman–Crippen MR) is 132 cm³/mol. The van der Waals surface area contributed by atoms with Gasteiger partial charge in [0.15, 0.2) is 11.5 Å². The van der Waals surface area contributed by atoms with Crippen molar-refractivity contribution in [1.29, 1.82) is 0 Å². The maximum atomic E-state index is 12.4. The third-order valence-electron chi connectivity index (χ3n) is 4.77. The van der Waals surface area contributed by atoms with E-state index in [-0.39, 0.29) is 18.1 Å². The highest BCUT2D eigenvalue weighted by molar-refractivity contribution is 7.09. The monoisotopic (exact) mass is 466 g/mol. The number of rotatable bonds is 10. The third kappa shape index (κ3) is 7.36. The summed E-state index contributed by atoms with van der Waals surface area (Å²) in [6.07, 6.45) is 3.35. The topological polar surface area (TPSA) is 69.7 Å². The van der Waals surface area contributed by atoms with Crippen molar-refractivity contribution in [3.8, 4) is 17.2 Å². The molecule has 2 aromatic carbocycles. The molecule has 3 aromatic rings. The number of carbonyl (C=O) groups excluding carboxylic acids is 1. The number of hydrogen-bond donors (Lipinski definition) is 1. The summed E-state index contributed by atoms with van der Waals surface area (Å²) in [6, 6.07) is 13.1.